The topological polar surface area (TPSA) is 69.5 Å². The molecule has 0 unspecified atom stereocenters. The minimum Gasteiger partial charge on any atom is -0.393 e. The molecule has 1 aliphatic heterocycles. The summed E-state index contributed by atoms with van der Waals surface area (Å²) in [6.07, 6.45) is 10.1. The summed E-state index contributed by atoms with van der Waals surface area (Å²) in [5.41, 5.74) is 4.77. The van der Waals surface area contributed by atoms with E-state index in [1.54, 1.807) is 0 Å². The zero-order valence-electron chi connectivity index (χ0n) is 22.9. The second kappa shape index (κ2) is 11.9. The van der Waals surface area contributed by atoms with Crippen LogP contribution in [0, 0.1) is 5.92 Å². The van der Waals surface area contributed by atoms with Gasteiger partial charge in [-0.2, -0.15) is 4.98 Å². The number of aromatic nitrogens is 3. The lowest BCUT2D eigenvalue weighted by Gasteiger charge is -2.32. The highest BCUT2D eigenvalue weighted by atomic mass is 16.3. The van der Waals surface area contributed by atoms with Gasteiger partial charge in [-0.05, 0) is 49.8 Å². The fourth-order valence-corrected chi connectivity index (χ4v) is 5.83. The van der Waals surface area contributed by atoms with Crippen LogP contribution in [0.25, 0.3) is 22.2 Å². The molecule has 37 heavy (non-hydrogen) atoms. The van der Waals surface area contributed by atoms with Crippen LogP contribution >= 0.6 is 0 Å². The highest BCUT2D eigenvalue weighted by molar-refractivity contribution is 5.94. The van der Waals surface area contributed by atoms with E-state index in [4.69, 9.17) is 9.97 Å². The molecule has 1 aromatic carbocycles. The Morgan fingerprint density at radius 3 is 2.38 bits per heavy atom. The lowest BCUT2D eigenvalue weighted by molar-refractivity contribution is 0.111. The quantitative estimate of drug-likeness (QED) is 0.419. The summed E-state index contributed by atoms with van der Waals surface area (Å²) in [6, 6.07) is 9.43. The molecule has 7 heteroatoms. The molecule has 0 spiro atoms. The molecule has 0 atom stereocenters. The molecule has 1 saturated carbocycles. The molecule has 1 aliphatic carbocycles. The highest BCUT2D eigenvalue weighted by Gasteiger charge is 2.24. The molecule has 0 radical (unpaired) electrons. The predicted molar refractivity (Wildman–Crippen MR) is 152 cm³/mol. The monoisotopic (exact) mass is 504 g/mol. The Balaban J connectivity index is 1.41. The largest absolute Gasteiger partial charge is 0.393 e. The SMILES string of the molecule is CCC(CC)CNc1ncc2c(-c3ccc(CN4CCN(C)CC4)cc3)cn(C3CCC(O)CC3)c2n1. The number of anilines is 1. The Hall–Kier alpha value is -2.48. The third kappa shape index (κ3) is 6.16. The van der Waals surface area contributed by atoms with Crippen LogP contribution < -0.4 is 5.32 Å². The molecular weight excluding hydrogens is 460 g/mol. The summed E-state index contributed by atoms with van der Waals surface area (Å²) in [4.78, 5) is 14.7. The van der Waals surface area contributed by atoms with Crippen LogP contribution in [0.2, 0.25) is 0 Å². The first-order valence-corrected chi connectivity index (χ1v) is 14.3. The number of piperazine rings is 1. The first kappa shape index (κ1) is 26.1. The van der Waals surface area contributed by atoms with Crippen LogP contribution in [0.15, 0.2) is 36.7 Å². The maximum atomic E-state index is 10.1. The Bertz CT molecular complexity index is 1140. The zero-order valence-corrected chi connectivity index (χ0v) is 22.9. The number of benzene rings is 1. The Morgan fingerprint density at radius 1 is 1.00 bits per heavy atom. The van der Waals surface area contributed by atoms with Crippen molar-refractivity contribution >= 4 is 17.0 Å². The smallest absolute Gasteiger partial charge is 0.224 e. The number of hydrogen-bond acceptors (Lipinski definition) is 6. The maximum Gasteiger partial charge on any atom is 0.224 e. The van der Waals surface area contributed by atoms with Crippen LogP contribution in [-0.2, 0) is 6.54 Å². The summed E-state index contributed by atoms with van der Waals surface area (Å²) >= 11 is 0. The molecule has 2 aliphatic rings. The highest BCUT2D eigenvalue weighted by Crippen LogP contribution is 2.36. The van der Waals surface area contributed by atoms with Crippen molar-refractivity contribution in [3.63, 3.8) is 0 Å². The van der Waals surface area contributed by atoms with Crippen LogP contribution in [0.3, 0.4) is 0 Å². The summed E-state index contributed by atoms with van der Waals surface area (Å²) in [5.74, 6) is 1.34. The first-order chi connectivity index (χ1) is 18.0. The fourth-order valence-electron chi connectivity index (χ4n) is 5.83. The van der Waals surface area contributed by atoms with Gasteiger partial charge in [0.25, 0.3) is 0 Å². The number of aliphatic hydroxyl groups excluding tert-OH is 1. The molecule has 200 valence electrons. The van der Waals surface area contributed by atoms with Gasteiger partial charge in [0.1, 0.15) is 5.65 Å². The van der Waals surface area contributed by atoms with E-state index in [9.17, 15) is 5.11 Å². The average molecular weight is 505 g/mol. The van der Waals surface area contributed by atoms with Gasteiger partial charge in [0.05, 0.1) is 6.10 Å². The van der Waals surface area contributed by atoms with Crippen LogP contribution in [0.5, 0.6) is 0 Å². The van der Waals surface area contributed by atoms with Gasteiger partial charge in [0, 0.05) is 68.7 Å². The molecule has 2 aromatic heterocycles. The van der Waals surface area contributed by atoms with Crippen LogP contribution in [-0.4, -0.2) is 75.3 Å². The van der Waals surface area contributed by atoms with Crippen molar-refractivity contribution in [1.82, 2.24) is 24.3 Å². The Kier molecular flexibility index (Phi) is 8.43. The second-order valence-corrected chi connectivity index (χ2v) is 11.2. The molecule has 0 amide bonds. The van der Waals surface area contributed by atoms with E-state index in [-0.39, 0.29) is 6.10 Å². The fraction of sp³-hybridized carbons (Fsp3) is 0.600. The van der Waals surface area contributed by atoms with E-state index >= 15 is 0 Å². The standard InChI is InChI=1S/C30H44N6O/c1-4-22(5-2)18-31-30-32-19-27-28(21-36(29(27)33-30)25-10-12-26(37)13-11-25)24-8-6-23(7-9-24)20-35-16-14-34(3)15-17-35/h6-9,19,21-22,25-26,37H,4-5,10-18,20H2,1-3H3,(H,31,32,33). The van der Waals surface area contributed by atoms with Crippen molar-refractivity contribution in [1.29, 1.82) is 0 Å². The van der Waals surface area contributed by atoms with Crippen molar-refractivity contribution in [2.75, 3.05) is 45.1 Å². The number of aliphatic hydroxyl groups is 1. The second-order valence-electron chi connectivity index (χ2n) is 11.2. The molecule has 7 nitrogen and oxygen atoms in total. The molecule has 1 saturated heterocycles. The number of hydrogen-bond donors (Lipinski definition) is 2. The summed E-state index contributed by atoms with van der Waals surface area (Å²) in [6.45, 7) is 10.9. The van der Waals surface area contributed by atoms with Gasteiger partial charge in [0.15, 0.2) is 0 Å². The van der Waals surface area contributed by atoms with E-state index in [0.717, 1.165) is 88.8 Å². The number of rotatable bonds is 9. The van der Waals surface area contributed by atoms with E-state index in [1.807, 2.05) is 6.20 Å². The Morgan fingerprint density at radius 2 is 1.70 bits per heavy atom. The summed E-state index contributed by atoms with van der Waals surface area (Å²) in [7, 11) is 2.20. The van der Waals surface area contributed by atoms with E-state index in [0.29, 0.717) is 17.9 Å². The van der Waals surface area contributed by atoms with Gasteiger partial charge in [0.2, 0.25) is 5.95 Å². The number of nitrogens with one attached hydrogen (secondary N) is 1. The average Bonchev–Trinajstić information content (AvgIpc) is 3.30. The summed E-state index contributed by atoms with van der Waals surface area (Å²) in [5, 5.41) is 14.7. The van der Waals surface area contributed by atoms with Gasteiger partial charge in [-0.15, -0.1) is 0 Å². The molecule has 3 aromatic rings. The number of nitrogens with zero attached hydrogens (tertiary/aromatic N) is 5. The van der Waals surface area contributed by atoms with Gasteiger partial charge in [-0.25, -0.2) is 4.98 Å². The van der Waals surface area contributed by atoms with Gasteiger partial charge in [-0.3, -0.25) is 4.90 Å². The van der Waals surface area contributed by atoms with Gasteiger partial charge in [-0.1, -0.05) is 51.0 Å². The zero-order chi connectivity index (χ0) is 25.8. The van der Waals surface area contributed by atoms with Crippen LogP contribution in [0.1, 0.15) is 64.0 Å². The molecule has 3 heterocycles. The lowest BCUT2D eigenvalue weighted by Crippen LogP contribution is -2.43. The normalized spacial score (nSPS) is 21.6. The number of fused-ring (bicyclic) bond motifs is 1. The lowest BCUT2D eigenvalue weighted by atomic mass is 9.93. The molecule has 0 bridgehead atoms. The molecule has 2 N–H and O–H groups in total. The van der Waals surface area contributed by atoms with Crippen molar-refractivity contribution < 1.29 is 5.11 Å². The van der Waals surface area contributed by atoms with Gasteiger partial charge < -0.3 is 19.9 Å². The molecular formula is C30H44N6O. The van der Waals surface area contributed by atoms with Crippen molar-refractivity contribution in [2.45, 2.75) is 71.1 Å². The summed E-state index contributed by atoms with van der Waals surface area (Å²) < 4.78 is 2.36. The van der Waals surface area contributed by atoms with Crippen molar-refractivity contribution in [2.24, 2.45) is 5.92 Å². The third-order valence-electron chi connectivity index (χ3n) is 8.60. The maximum absolute atomic E-state index is 10.1. The minimum atomic E-state index is -0.169. The van der Waals surface area contributed by atoms with Crippen molar-refractivity contribution in [3.05, 3.63) is 42.2 Å². The third-order valence-corrected chi connectivity index (χ3v) is 8.60. The Labute approximate surface area is 221 Å². The van der Waals surface area contributed by atoms with Crippen LogP contribution in [0.4, 0.5) is 5.95 Å². The first-order valence-electron chi connectivity index (χ1n) is 14.3. The predicted octanol–water partition coefficient (Wildman–Crippen LogP) is 5.17. The van der Waals surface area contributed by atoms with E-state index in [1.165, 1.54) is 16.7 Å². The molecule has 2 fully saturated rings. The number of likely N-dealkylation sites (N-methyl/N-ethyl adjacent to an activating group) is 1. The minimum absolute atomic E-state index is 0.169. The van der Waals surface area contributed by atoms with E-state index in [2.05, 4.69) is 71.0 Å². The van der Waals surface area contributed by atoms with Crippen molar-refractivity contribution in [3.8, 4) is 11.1 Å². The van der Waals surface area contributed by atoms with E-state index < -0.39 is 0 Å². The molecule has 5 rings (SSSR count). The van der Waals surface area contributed by atoms with Gasteiger partial charge >= 0.3 is 0 Å².